The van der Waals surface area contributed by atoms with Gasteiger partial charge in [-0.05, 0) is 31.1 Å². The monoisotopic (exact) mass is 156 g/mol. The van der Waals surface area contributed by atoms with Gasteiger partial charge in [-0.1, -0.05) is 25.7 Å². The first kappa shape index (κ1) is 7.57. The maximum absolute atomic E-state index is 13.3. The molecule has 0 spiro atoms. The van der Waals surface area contributed by atoms with Crippen molar-refractivity contribution in [2.45, 2.75) is 51.1 Å². The number of halogens is 1. The Bertz CT molecular complexity index is 131. The summed E-state index contributed by atoms with van der Waals surface area (Å²) >= 11 is 0. The maximum Gasteiger partial charge on any atom is 0.103 e. The lowest BCUT2D eigenvalue weighted by Gasteiger charge is -2.37. The predicted octanol–water partition coefficient (Wildman–Crippen LogP) is 3.31. The SMILES string of the molecule is F[C@H]1CCC[C@@H]2CCCC[C@@H]21. The molecule has 0 amide bonds. The van der Waals surface area contributed by atoms with Crippen LogP contribution in [0.5, 0.6) is 0 Å². The van der Waals surface area contributed by atoms with Crippen LogP contribution in [-0.4, -0.2) is 6.17 Å². The zero-order chi connectivity index (χ0) is 7.68. The zero-order valence-corrected chi connectivity index (χ0v) is 7.06. The smallest absolute Gasteiger partial charge is 0.103 e. The van der Waals surface area contributed by atoms with E-state index >= 15 is 0 Å². The second-order valence-electron chi connectivity index (χ2n) is 4.16. The largest absolute Gasteiger partial charge is 0.247 e. The molecule has 0 N–H and O–H groups in total. The highest BCUT2D eigenvalue weighted by Crippen LogP contribution is 2.41. The Morgan fingerprint density at radius 2 is 1.55 bits per heavy atom. The lowest BCUT2D eigenvalue weighted by molar-refractivity contribution is 0.0717. The van der Waals surface area contributed by atoms with E-state index in [1.807, 2.05) is 0 Å². The second kappa shape index (κ2) is 3.12. The highest BCUT2D eigenvalue weighted by molar-refractivity contribution is 4.84. The number of hydrogen-bond acceptors (Lipinski definition) is 0. The summed E-state index contributed by atoms with van der Waals surface area (Å²) in [7, 11) is 0. The Morgan fingerprint density at radius 3 is 2.36 bits per heavy atom. The third-order valence-electron chi connectivity index (χ3n) is 3.49. The molecule has 2 aliphatic carbocycles. The van der Waals surface area contributed by atoms with Gasteiger partial charge in [-0.25, -0.2) is 4.39 Å². The number of rotatable bonds is 0. The summed E-state index contributed by atoms with van der Waals surface area (Å²) in [6.07, 6.45) is 7.97. The van der Waals surface area contributed by atoms with E-state index in [1.165, 1.54) is 32.1 Å². The van der Waals surface area contributed by atoms with Crippen LogP contribution in [0.15, 0.2) is 0 Å². The number of hydrogen-bond donors (Lipinski definition) is 0. The van der Waals surface area contributed by atoms with Crippen LogP contribution in [0.3, 0.4) is 0 Å². The average molecular weight is 156 g/mol. The Labute approximate surface area is 68.2 Å². The van der Waals surface area contributed by atoms with Crippen LogP contribution in [-0.2, 0) is 0 Å². The molecule has 0 aliphatic heterocycles. The van der Waals surface area contributed by atoms with Gasteiger partial charge in [0, 0.05) is 0 Å². The molecule has 64 valence electrons. The molecule has 1 heteroatoms. The zero-order valence-electron chi connectivity index (χ0n) is 7.06. The first-order valence-corrected chi connectivity index (χ1v) is 5.02. The summed E-state index contributed by atoms with van der Waals surface area (Å²) in [4.78, 5) is 0. The standard InChI is InChI=1S/C10H17F/c11-10-7-3-5-8-4-1-2-6-9(8)10/h8-10H,1-7H2/t8-,9-,10-/m0/s1. The van der Waals surface area contributed by atoms with Crippen molar-refractivity contribution in [3.63, 3.8) is 0 Å². The predicted molar refractivity (Wildman–Crippen MR) is 44.2 cm³/mol. The fourth-order valence-corrected chi connectivity index (χ4v) is 2.86. The Kier molecular flexibility index (Phi) is 2.15. The minimum atomic E-state index is -0.450. The van der Waals surface area contributed by atoms with E-state index in [1.54, 1.807) is 0 Å². The molecule has 0 aromatic carbocycles. The van der Waals surface area contributed by atoms with Gasteiger partial charge < -0.3 is 0 Å². The number of alkyl halides is 1. The van der Waals surface area contributed by atoms with Crippen LogP contribution >= 0.6 is 0 Å². The molecule has 2 rings (SSSR count). The van der Waals surface area contributed by atoms with Gasteiger partial charge in [-0.3, -0.25) is 0 Å². The Morgan fingerprint density at radius 1 is 0.818 bits per heavy atom. The van der Waals surface area contributed by atoms with Crippen molar-refractivity contribution >= 4 is 0 Å². The van der Waals surface area contributed by atoms with E-state index in [2.05, 4.69) is 0 Å². The number of fused-ring (bicyclic) bond motifs is 1. The molecule has 0 heterocycles. The molecule has 0 radical (unpaired) electrons. The van der Waals surface area contributed by atoms with Crippen LogP contribution in [0.4, 0.5) is 4.39 Å². The van der Waals surface area contributed by atoms with E-state index in [0.717, 1.165) is 18.8 Å². The molecule has 2 aliphatic rings. The molecule has 2 saturated carbocycles. The summed E-state index contributed by atoms with van der Waals surface area (Å²) < 4.78 is 13.3. The van der Waals surface area contributed by atoms with E-state index < -0.39 is 6.17 Å². The van der Waals surface area contributed by atoms with Crippen LogP contribution < -0.4 is 0 Å². The van der Waals surface area contributed by atoms with Gasteiger partial charge in [0.15, 0.2) is 0 Å². The quantitative estimate of drug-likeness (QED) is 0.504. The topological polar surface area (TPSA) is 0 Å². The van der Waals surface area contributed by atoms with Gasteiger partial charge in [-0.15, -0.1) is 0 Å². The third kappa shape index (κ3) is 1.43. The van der Waals surface area contributed by atoms with Gasteiger partial charge >= 0.3 is 0 Å². The summed E-state index contributed by atoms with van der Waals surface area (Å²) in [6.45, 7) is 0. The normalized spacial score (nSPS) is 45.0. The van der Waals surface area contributed by atoms with E-state index in [-0.39, 0.29) is 0 Å². The summed E-state index contributed by atoms with van der Waals surface area (Å²) in [5.41, 5.74) is 0. The molecular weight excluding hydrogens is 139 g/mol. The Hall–Kier alpha value is -0.0700. The first-order valence-electron chi connectivity index (χ1n) is 5.02. The van der Waals surface area contributed by atoms with Gasteiger partial charge in [0.2, 0.25) is 0 Å². The summed E-state index contributed by atoms with van der Waals surface area (Å²) in [6, 6.07) is 0. The lowest BCUT2D eigenvalue weighted by Crippen LogP contribution is -2.31. The molecule has 0 unspecified atom stereocenters. The fraction of sp³-hybridized carbons (Fsp3) is 1.00. The molecule has 0 aromatic heterocycles. The van der Waals surface area contributed by atoms with E-state index in [9.17, 15) is 4.39 Å². The van der Waals surface area contributed by atoms with E-state index in [4.69, 9.17) is 0 Å². The van der Waals surface area contributed by atoms with Crippen molar-refractivity contribution in [3.05, 3.63) is 0 Å². The Balaban J connectivity index is 1.99. The molecule has 0 aromatic rings. The minimum absolute atomic E-state index is 0.450. The van der Waals surface area contributed by atoms with Crippen LogP contribution in [0.2, 0.25) is 0 Å². The average Bonchev–Trinajstić information content (AvgIpc) is 2.06. The van der Waals surface area contributed by atoms with Gasteiger partial charge in [0.25, 0.3) is 0 Å². The highest BCUT2D eigenvalue weighted by Gasteiger charge is 2.34. The molecule has 2 fully saturated rings. The summed E-state index contributed by atoms with van der Waals surface area (Å²) in [5.74, 6) is 1.21. The van der Waals surface area contributed by atoms with Crippen LogP contribution in [0, 0.1) is 11.8 Å². The molecular formula is C10H17F. The fourth-order valence-electron chi connectivity index (χ4n) is 2.86. The third-order valence-corrected chi connectivity index (χ3v) is 3.49. The van der Waals surface area contributed by atoms with Crippen molar-refractivity contribution in [1.82, 2.24) is 0 Å². The molecule has 11 heavy (non-hydrogen) atoms. The van der Waals surface area contributed by atoms with Crippen molar-refractivity contribution in [1.29, 1.82) is 0 Å². The van der Waals surface area contributed by atoms with Crippen molar-refractivity contribution in [2.24, 2.45) is 11.8 Å². The van der Waals surface area contributed by atoms with Crippen LogP contribution in [0.1, 0.15) is 44.9 Å². The molecule has 0 bridgehead atoms. The van der Waals surface area contributed by atoms with Gasteiger partial charge in [0.05, 0.1) is 0 Å². The molecule has 3 atom stereocenters. The van der Waals surface area contributed by atoms with Gasteiger partial charge in [-0.2, -0.15) is 0 Å². The minimum Gasteiger partial charge on any atom is -0.247 e. The molecule has 0 saturated heterocycles. The summed E-state index contributed by atoms with van der Waals surface area (Å²) in [5, 5.41) is 0. The van der Waals surface area contributed by atoms with Gasteiger partial charge in [0.1, 0.15) is 6.17 Å². The second-order valence-corrected chi connectivity index (χ2v) is 4.16. The molecule has 0 nitrogen and oxygen atoms in total. The van der Waals surface area contributed by atoms with Crippen molar-refractivity contribution < 1.29 is 4.39 Å². The van der Waals surface area contributed by atoms with Crippen molar-refractivity contribution in [2.75, 3.05) is 0 Å². The first-order chi connectivity index (χ1) is 5.38. The maximum atomic E-state index is 13.3. The lowest BCUT2D eigenvalue weighted by atomic mass is 9.70. The van der Waals surface area contributed by atoms with Crippen LogP contribution in [0.25, 0.3) is 0 Å². The van der Waals surface area contributed by atoms with E-state index in [0.29, 0.717) is 5.92 Å². The highest BCUT2D eigenvalue weighted by atomic mass is 19.1. The van der Waals surface area contributed by atoms with Crippen molar-refractivity contribution in [3.8, 4) is 0 Å².